The van der Waals surface area contributed by atoms with Crippen LogP contribution >= 0.6 is 11.8 Å². The molecule has 0 aliphatic carbocycles. The second-order valence-corrected chi connectivity index (χ2v) is 9.94. The van der Waals surface area contributed by atoms with Gasteiger partial charge in [-0.25, -0.2) is 0 Å². The number of esters is 1. The Labute approximate surface area is 208 Å². The third-order valence-corrected chi connectivity index (χ3v) is 6.92. The summed E-state index contributed by atoms with van der Waals surface area (Å²) in [6.07, 6.45) is 16.6. The van der Waals surface area contributed by atoms with Gasteiger partial charge in [0.05, 0.1) is 9.79 Å². The van der Waals surface area contributed by atoms with Crippen LogP contribution in [0.3, 0.4) is 0 Å². The molecule has 2 aromatic rings. The Kier molecular flexibility index (Phi) is 13.4. The van der Waals surface area contributed by atoms with Crippen molar-refractivity contribution in [2.45, 2.75) is 107 Å². The number of carbonyl (C=O) groups excluding carboxylic acids is 1. The highest BCUT2D eigenvalue weighted by atomic mass is 32.2. The number of hydrogen-bond acceptors (Lipinski definition) is 6. The zero-order valence-corrected chi connectivity index (χ0v) is 21.2. The predicted molar refractivity (Wildman–Crippen MR) is 138 cm³/mol. The molecule has 2 rings (SSSR count). The summed E-state index contributed by atoms with van der Waals surface area (Å²) >= 11 is 1.20. The normalized spacial score (nSPS) is 11.0. The van der Waals surface area contributed by atoms with Gasteiger partial charge in [-0.1, -0.05) is 95.7 Å². The van der Waals surface area contributed by atoms with Gasteiger partial charge in [0.2, 0.25) is 0 Å². The van der Waals surface area contributed by atoms with Crippen molar-refractivity contribution in [3.63, 3.8) is 0 Å². The Hall–Kier alpha value is -2.34. The van der Waals surface area contributed by atoms with Crippen molar-refractivity contribution in [3.05, 3.63) is 36.4 Å². The molecule has 0 heterocycles. The van der Waals surface area contributed by atoms with Crippen molar-refractivity contribution in [2.75, 3.05) is 0 Å². The average molecular weight is 489 g/mol. The summed E-state index contributed by atoms with van der Waals surface area (Å²) in [6, 6.07) is 8.86. The molecule has 0 radical (unpaired) electrons. The van der Waals surface area contributed by atoms with E-state index in [0.29, 0.717) is 16.2 Å². The minimum atomic E-state index is -0.328. The Morgan fingerprint density at radius 2 is 1.21 bits per heavy atom. The van der Waals surface area contributed by atoms with Gasteiger partial charge in [-0.2, -0.15) is 0 Å². The van der Waals surface area contributed by atoms with E-state index < -0.39 is 0 Å². The quantitative estimate of drug-likeness (QED) is 0.118. The third-order valence-electron chi connectivity index (χ3n) is 5.80. The van der Waals surface area contributed by atoms with Crippen molar-refractivity contribution in [2.24, 2.45) is 0 Å². The molecule has 188 valence electrons. The molecule has 3 N–H and O–H groups in total. The van der Waals surface area contributed by atoms with Crippen molar-refractivity contribution in [3.8, 4) is 23.0 Å². The molecule has 6 heteroatoms. The first-order valence-corrected chi connectivity index (χ1v) is 13.5. The van der Waals surface area contributed by atoms with Gasteiger partial charge in [0.15, 0.2) is 0 Å². The Morgan fingerprint density at radius 1 is 0.706 bits per heavy atom. The van der Waals surface area contributed by atoms with E-state index >= 15 is 0 Å². The van der Waals surface area contributed by atoms with E-state index in [4.69, 9.17) is 4.74 Å². The van der Waals surface area contributed by atoms with Crippen molar-refractivity contribution < 1.29 is 24.9 Å². The molecular formula is C28H40O5S. The molecule has 0 spiro atoms. The lowest BCUT2D eigenvalue weighted by Gasteiger charge is -2.11. The van der Waals surface area contributed by atoms with Crippen molar-refractivity contribution >= 4 is 17.7 Å². The zero-order chi connectivity index (χ0) is 24.6. The fourth-order valence-electron chi connectivity index (χ4n) is 3.83. The van der Waals surface area contributed by atoms with E-state index in [0.717, 1.165) is 19.3 Å². The molecule has 0 atom stereocenters. The Bertz CT molecular complexity index is 868. The lowest BCUT2D eigenvalue weighted by atomic mass is 10.0. The molecule has 0 bridgehead atoms. The molecule has 0 saturated heterocycles. The summed E-state index contributed by atoms with van der Waals surface area (Å²) in [6.45, 7) is 2.25. The first kappa shape index (κ1) is 27.9. The molecule has 0 fully saturated rings. The minimum Gasteiger partial charge on any atom is -0.508 e. The van der Waals surface area contributed by atoms with Crippen molar-refractivity contribution in [1.29, 1.82) is 0 Å². The van der Waals surface area contributed by atoms with Gasteiger partial charge in [0.25, 0.3) is 0 Å². The third kappa shape index (κ3) is 11.2. The molecule has 0 aliphatic rings. The number of carbonyl (C=O) groups is 1. The van der Waals surface area contributed by atoms with E-state index in [9.17, 15) is 20.1 Å². The van der Waals surface area contributed by atoms with Crippen LogP contribution in [0.1, 0.15) is 96.8 Å². The maximum Gasteiger partial charge on any atom is 0.311 e. The van der Waals surface area contributed by atoms with Crippen LogP contribution in [-0.2, 0) is 4.79 Å². The van der Waals surface area contributed by atoms with Crippen LogP contribution in [0.4, 0.5) is 0 Å². The molecule has 0 aromatic heterocycles. The van der Waals surface area contributed by atoms with Gasteiger partial charge < -0.3 is 20.1 Å². The molecule has 0 unspecified atom stereocenters. The second kappa shape index (κ2) is 16.3. The maximum atomic E-state index is 12.3. The van der Waals surface area contributed by atoms with Gasteiger partial charge in [-0.05, 0) is 30.7 Å². The van der Waals surface area contributed by atoms with E-state index in [2.05, 4.69) is 6.92 Å². The van der Waals surface area contributed by atoms with Crippen LogP contribution in [0.15, 0.2) is 46.2 Å². The Morgan fingerprint density at radius 3 is 1.76 bits per heavy atom. The molecular weight excluding hydrogens is 448 g/mol. The lowest BCUT2D eigenvalue weighted by molar-refractivity contribution is -0.134. The van der Waals surface area contributed by atoms with Crippen LogP contribution < -0.4 is 4.74 Å². The molecule has 0 aliphatic heterocycles. The number of aromatic hydroxyl groups is 3. The molecule has 2 aromatic carbocycles. The number of phenolic OH excluding ortho intramolecular Hbond substituents is 3. The number of unbranched alkanes of at least 4 members (excludes halogenated alkanes) is 12. The van der Waals surface area contributed by atoms with Crippen LogP contribution in [0, 0.1) is 0 Å². The highest BCUT2D eigenvalue weighted by Crippen LogP contribution is 2.41. The second-order valence-electron chi connectivity index (χ2n) is 8.85. The van der Waals surface area contributed by atoms with Gasteiger partial charge in [-0.15, -0.1) is 0 Å². The number of hydrogen-bond donors (Lipinski definition) is 3. The van der Waals surface area contributed by atoms with Gasteiger partial charge in [0, 0.05) is 18.6 Å². The van der Waals surface area contributed by atoms with E-state index in [1.165, 1.54) is 100 Å². The molecule has 5 nitrogen and oxygen atoms in total. The van der Waals surface area contributed by atoms with E-state index in [1.807, 2.05) is 0 Å². The summed E-state index contributed by atoms with van der Waals surface area (Å²) in [7, 11) is 0. The number of benzene rings is 2. The van der Waals surface area contributed by atoms with Crippen LogP contribution in [0.25, 0.3) is 0 Å². The molecule has 0 saturated carbocycles. The number of rotatable bonds is 17. The first-order valence-electron chi connectivity index (χ1n) is 12.7. The monoisotopic (exact) mass is 488 g/mol. The van der Waals surface area contributed by atoms with Crippen LogP contribution in [-0.4, -0.2) is 21.3 Å². The number of phenols is 3. The average Bonchev–Trinajstić information content (AvgIpc) is 2.80. The van der Waals surface area contributed by atoms with Gasteiger partial charge >= 0.3 is 5.97 Å². The summed E-state index contributed by atoms with van der Waals surface area (Å²) in [4.78, 5) is 13.5. The summed E-state index contributed by atoms with van der Waals surface area (Å²) in [5.74, 6) is -0.162. The Balaban J connectivity index is 1.64. The molecule has 34 heavy (non-hydrogen) atoms. The summed E-state index contributed by atoms with van der Waals surface area (Å²) in [5, 5.41) is 29.3. The smallest absolute Gasteiger partial charge is 0.311 e. The van der Waals surface area contributed by atoms with Crippen molar-refractivity contribution in [1.82, 2.24) is 0 Å². The molecule has 0 amide bonds. The standard InChI is InChI=1S/C28H40O5S/c1-2-3-4-5-6-7-8-9-10-11-12-13-14-15-28(32)33-25-21-23(30)17-19-27(25)34-26-18-16-22(29)20-24(26)31/h16-21,29-31H,2-15H2,1H3. The predicted octanol–water partition coefficient (Wildman–Crippen LogP) is 8.34. The van der Waals surface area contributed by atoms with Crippen LogP contribution in [0.2, 0.25) is 0 Å². The lowest BCUT2D eigenvalue weighted by Crippen LogP contribution is -2.08. The van der Waals surface area contributed by atoms with Crippen LogP contribution in [0.5, 0.6) is 23.0 Å². The first-order chi connectivity index (χ1) is 16.5. The zero-order valence-electron chi connectivity index (χ0n) is 20.4. The highest BCUT2D eigenvalue weighted by molar-refractivity contribution is 7.99. The fourth-order valence-corrected chi connectivity index (χ4v) is 4.71. The maximum absolute atomic E-state index is 12.3. The van der Waals surface area contributed by atoms with Gasteiger partial charge in [0.1, 0.15) is 23.0 Å². The SMILES string of the molecule is CCCCCCCCCCCCCCCC(=O)Oc1cc(O)ccc1Sc1ccc(O)cc1O. The largest absolute Gasteiger partial charge is 0.508 e. The highest BCUT2D eigenvalue weighted by Gasteiger charge is 2.14. The van der Waals surface area contributed by atoms with E-state index in [1.54, 1.807) is 12.1 Å². The van der Waals surface area contributed by atoms with Gasteiger partial charge in [-0.3, -0.25) is 4.79 Å². The topological polar surface area (TPSA) is 87.0 Å². The van der Waals surface area contributed by atoms with E-state index in [-0.39, 0.29) is 29.0 Å². The minimum absolute atomic E-state index is 0.00281. The summed E-state index contributed by atoms with van der Waals surface area (Å²) < 4.78 is 5.52. The number of ether oxygens (including phenoxy) is 1. The fraction of sp³-hybridized carbons (Fsp3) is 0.536. The summed E-state index contributed by atoms with van der Waals surface area (Å²) in [5.41, 5.74) is 0.